The van der Waals surface area contributed by atoms with E-state index in [1.807, 2.05) is 19.9 Å². The highest BCUT2D eigenvalue weighted by atomic mass is 16.5. The van der Waals surface area contributed by atoms with Crippen LogP contribution in [0.5, 0.6) is 6.01 Å². The van der Waals surface area contributed by atoms with Gasteiger partial charge in [-0.1, -0.05) is 0 Å². The fourth-order valence-corrected chi connectivity index (χ4v) is 2.24. The summed E-state index contributed by atoms with van der Waals surface area (Å²) in [5.41, 5.74) is 2.00. The maximum absolute atomic E-state index is 5.80. The second kappa shape index (κ2) is 5.40. The lowest BCUT2D eigenvalue weighted by Crippen LogP contribution is -2.25. The summed E-state index contributed by atoms with van der Waals surface area (Å²) < 4.78 is 5.80. The Kier molecular flexibility index (Phi) is 3.45. The molecule has 1 atom stereocenters. The van der Waals surface area contributed by atoms with Crippen LogP contribution in [0.4, 0.5) is 5.82 Å². The van der Waals surface area contributed by atoms with E-state index in [2.05, 4.69) is 24.8 Å². The first-order valence-corrected chi connectivity index (χ1v) is 6.69. The minimum Gasteiger partial charge on any atom is -0.458 e. The molecule has 0 aromatic carbocycles. The number of aromatic nitrogens is 4. The fraction of sp³-hybridized carbons (Fsp3) is 0.429. The Labute approximate surface area is 117 Å². The van der Waals surface area contributed by atoms with Crippen molar-refractivity contribution < 1.29 is 4.74 Å². The van der Waals surface area contributed by atoms with Crippen molar-refractivity contribution in [1.82, 2.24) is 19.9 Å². The van der Waals surface area contributed by atoms with Gasteiger partial charge in [0.1, 0.15) is 18.2 Å². The van der Waals surface area contributed by atoms with Gasteiger partial charge in [0.2, 0.25) is 0 Å². The fourth-order valence-electron chi connectivity index (χ4n) is 2.24. The molecule has 3 rings (SSSR count). The molecule has 2 aromatic rings. The van der Waals surface area contributed by atoms with Crippen molar-refractivity contribution in [1.29, 1.82) is 0 Å². The van der Waals surface area contributed by atoms with Gasteiger partial charge in [0.15, 0.2) is 0 Å². The van der Waals surface area contributed by atoms with Gasteiger partial charge in [-0.2, -0.15) is 0 Å². The smallest absolute Gasteiger partial charge is 0.316 e. The summed E-state index contributed by atoms with van der Waals surface area (Å²) in [7, 11) is 0. The summed E-state index contributed by atoms with van der Waals surface area (Å²) in [4.78, 5) is 19.0. The molecule has 20 heavy (non-hydrogen) atoms. The molecular weight excluding hydrogens is 254 g/mol. The van der Waals surface area contributed by atoms with Crippen molar-refractivity contribution in [2.45, 2.75) is 26.4 Å². The van der Waals surface area contributed by atoms with Crippen molar-refractivity contribution in [3.05, 3.63) is 36.0 Å². The summed E-state index contributed by atoms with van der Waals surface area (Å²) in [5, 5.41) is 0. The molecule has 0 radical (unpaired) electrons. The van der Waals surface area contributed by atoms with Gasteiger partial charge in [0.05, 0.1) is 6.54 Å². The van der Waals surface area contributed by atoms with E-state index in [0.29, 0.717) is 6.01 Å². The molecular formula is C14H17N5O. The predicted molar refractivity (Wildman–Crippen MR) is 74.8 cm³/mol. The topological polar surface area (TPSA) is 64.0 Å². The van der Waals surface area contributed by atoms with E-state index < -0.39 is 0 Å². The molecule has 0 aliphatic carbocycles. The Balaban J connectivity index is 1.63. The Morgan fingerprint density at radius 3 is 2.70 bits per heavy atom. The van der Waals surface area contributed by atoms with Crippen molar-refractivity contribution in [2.24, 2.45) is 0 Å². The van der Waals surface area contributed by atoms with E-state index in [-0.39, 0.29) is 6.10 Å². The second-order valence-corrected chi connectivity index (χ2v) is 5.04. The van der Waals surface area contributed by atoms with Crippen molar-refractivity contribution in [3.8, 4) is 6.01 Å². The SMILES string of the molecule is Cc1cnc(OC2CCN(c3cc(C)ncn3)C2)nc1. The molecule has 3 heterocycles. The molecule has 2 aromatic heterocycles. The molecule has 1 saturated heterocycles. The van der Waals surface area contributed by atoms with Crippen LogP contribution in [0, 0.1) is 13.8 Å². The molecule has 6 nitrogen and oxygen atoms in total. The molecule has 0 spiro atoms. The second-order valence-electron chi connectivity index (χ2n) is 5.04. The molecule has 1 aliphatic heterocycles. The van der Waals surface area contributed by atoms with Gasteiger partial charge in [0, 0.05) is 37.1 Å². The highest BCUT2D eigenvalue weighted by molar-refractivity contribution is 5.40. The number of rotatable bonds is 3. The van der Waals surface area contributed by atoms with Crippen LogP contribution in [-0.2, 0) is 0 Å². The van der Waals surface area contributed by atoms with Gasteiger partial charge in [-0.05, 0) is 19.4 Å². The van der Waals surface area contributed by atoms with E-state index in [1.165, 1.54) is 0 Å². The zero-order valence-electron chi connectivity index (χ0n) is 11.7. The monoisotopic (exact) mass is 271 g/mol. The van der Waals surface area contributed by atoms with Gasteiger partial charge in [-0.15, -0.1) is 0 Å². The third-order valence-corrected chi connectivity index (χ3v) is 3.29. The Morgan fingerprint density at radius 1 is 1.15 bits per heavy atom. The van der Waals surface area contributed by atoms with Gasteiger partial charge < -0.3 is 9.64 Å². The number of nitrogens with zero attached hydrogens (tertiary/aromatic N) is 5. The first-order chi connectivity index (χ1) is 9.70. The molecule has 1 fully saturated rings. The lowest BCUT2D eigenvalue weighted by Gasteiger charge is -2.17. The van der Waals surface area contributed by atoms with E-state index in [0.717, 1.165) is 36.6 Å². The van der Waals surface area contributed by atoms with Crippen molar-refractivity contribution >= 4 is 5.82 Å². The zero-order valence-corrected chi connectivity index (χ0v) is 11.7. The summed E-state index contributed by atoms with van der Waals surface area (Å²) >= 11 is 0. The van der Waals surface area contributed by atoms with E-state index in [1.54, 1.807) is 18.7 Å². The standard InChI is InChI=1S/C14H17N5O/c1-10-6-15-14(16-7-10)20-12-3-4-19(8-12)13-5-11(2)17-9-18-13/h5-7,9,12H,3-4,8H2,1-2H3. The summed E-state index contributed by atoms with van der Waals surface area (Å²) in [5.74, 6) is 0.952. The number of aryl methyl sites for hydroxylation is 2. The highest BCUT2D eigenvalue weighted by Crippen LogP contribution is 2.20. The maximum atomic E-state index is 5.80. The van der Waals surface area contributed by atoms with Crippen LogP contribution in [0.15, 0.2) is 24.8 Å². The summed E-state index contributed by atoms with van der Waals surface area (Å²) in [6, 6.07) is 2.44. The van der Waals surface area contributed by atoms with Crippen LogP contribution in [0.1, 0.15) is 17.7 Å². The Morgan fingerprint density at radius 2 is 1.95 bits per heavy atom. The minimum absolute atomic E-state index is 0.105. The molecule has 104 valence electrons. The van der Waals surface area contributed by atoms with Crippen LogP contribution in [0.3, 0.4) is 0 Å². The predicted octanol–water partition coefficient (Wildman–Crippen LogP) is 1.54. The average molecular weight is 271 g/mol. The number of hydrogen-bond donors (Lipinski definition) is 0. The van der Waals surface area contributed by atoms with Gasteiger partial charge >= 0.3 is 6.01 Å². The van der Waals surface area contributed by atoms with Crippen molar-refractivity contribution in [3.63, 3.8) is 0 Å². The number of hydrogen-bond acceptors (Lipinski definition) is 6. The molecule has 1 unspecified atom stereocenters. The van der Waals surface area contributed by atoms with Gasteiger partial charge in [-0.25, -0.2) is 19.9 Å². The van der Waals surface area contributed by atoms with Crippen LogP contribution in [0.25, 0.3) is 0 Å². The highest BCUT2D eigenvalue weighted by Gasteiger charge is 2.25. The molecule has 0 amide bonds. The van der Waals surface area contributed by atoms with Crippen LogP contribution >= 0.6 is 0 Å². The molecule has 1 aliphatic rings. The van der Waals surface area contributed by atoms with Gasteiger partial charge in [-0.3, -0.25) is 0 Å². The van der Waals surface area contributed by atoms with Crippen LogP contribution in [-0.4, -0.2) is 39.1 Å². The largest absolute Gasteiger partial charge is 0.458 e. The van der Waals surface area contributed by atoms with Gasteiger partial charge in [0.25, 0.3) is 0 Å². The molecule has 0 N–H and O–H groups in total. The number of ether oxygens (including phenoxy) is 1. The lowest BCUT2D eigenvalue weighted by molar-refractivity contribution is 0.206. The third kappa shape index (κ3) is 2.84. The maximum Gasteiger partial charge on any atom is 0.316 e. The van der Waals surface area contributed by atoms with E-state index in [4.69, 9.17) is 4.74 Å². The van der Waals surface area contributed by atoms with Crippen LogP contribution < -0.4 is 9.64 Å². The third-order valence-electron chi connectivity index (χ3n) is 3.29. The normalized spacial score (nSPS) is 18.3. The zero-order chi connectivity index (χ0) is 13.9. The van der Waals surface area contributed by atoms with Crippen molar-refractivity contribution in [2.75, 3.05) is 18.0 Å². The van der Waals surface area contributed by atoms with Crippen LogP contribution in [0.2, 0.25) is 0 Å². The minimum atomic E-state index is 0.105. The summed E-state index contributed by atoms with van der Waals surface area (Å²) in [6.07, 6.45) is 6.18. The summed E-state index contributed by atoms with van der Waals surface area (Å²) in [6.45, 7) is 5.65. The lowest BCUT2D eigenvalue weighted by atomic mass is 10.3. The first kappa shape index (κ1) is 12.8. The first-order valence-electron chi connectivity index (χ1n) is 6.69. The average Bonchev–Trinajstić information content (AvgIpc) is 2.90. The molecule has 0 saturated carbocycles. The Bertz CT molecular complexity index is 586. The quantitative estimate of drug-likeness (QED) is 0.843. The molecule has 0 bridgehead atoms. The Hall–Kier alpha value is -2.24. The van der Waals surface area contributed by atoms with E-state index in [9.17, 15) is 0 Å². The molecule has 6 heteroatoms. The number of anilines is 1. The van der Waals surface area contributed by atoms with E-state index >= 15 is 0 Å².